The van der Waals surface area contributed by atoms with Crippen LogP contribution in [0.3, 0.4) is 0 Å². The SMILES string of the molecule is COCCONC(=O)CSCc1ccc(F)cc1. The third kappa shape index (κ3) is 6.58. The molecular formula is C12H16FNO3S. The van der Waals surface area contributed by atoms with E-state index >= 15 is 0 Å². The molecule has 0 aliphatic rings. The lowest BCUT2D eigenvalue weighted by molar-refractivity contribution is -0.131. The van der Waals surface area contributed by atoms with Crippen LogP contribution >= 0.6 is 11.8 Å². The summed E-state index contributed by atoms with van der Waals surface area (Å²) in [6.45, 7) is 0.758. The zero-order valence-corrected chi connectivity index (χ0v) is 11.0. The molecule has 0 heterocycles. The van der Waals surface area contributed by atoms with Gasteiger partial charge in [0.2, 0.25) is 0 Å². The highest BCUT2D eigenvalue weighted by Gasteiger charge is 2.02. The molecule has 0 saturated carbocycles. The number of hydroxylamine groups is 1. The fourth-order valence-electron chi connectivity index (χ4n) is 1.13. The molecule has 18 heavy (non-hydrogen) atoms. The molecule has 100 valence electrons. The second kappa shape index (κ2) is 8.91. The van der Waals surface area contributed by atoms with Crippen LogP contribution in [0, 0.1) is 5.82 Å². The molecule has 1 aromatic rings. The van der Waals surface area contributed by atoms with Crippen molar-refractivity contribution in [2.45, 2.75) is 5.75 Å². The normalized spacial score (nSPS) is 10.3. The maximum Gasteiger partial charge on any atom is 0.253 e. The number of ether oxygens (including phenoxy) is 1. The van der Waals surface area contributed by atoms with E-state index in [1.165, 1.54) is 23.9 Å². The van der Waals surface area contributed by atoms with Crippen molar-refractivity contribution >= 4 is 17.7 Å². The lowest BCUT2D eigenvalue weighted by Crippen LogP contribution is -2.27. The van der Waals surface area contributed by atoms with Gasteiger partial charge in [-0.05, 0) is 17.7 Å². The molecule has 0 fully saturated rings. The number of carbonyl (C=O) groups excluding carboxylic acids is 1. The first-order valence-electron chi connectivity index (χ1n) is 5.44. The van der Waals surface area contributed by atoms with Crippen molar-refractivity contribution in [2.24, 2.45) is 0 Å². The lowest BCUT2D eigenvalue weighted by Gasteiger charge is -2.05. The molecule has 0 unspecified atom stereocenters. The minimum Gasteiger partial charge on any atom is -0.382 e. The molecule has 6 heteroatoms. The third-order valence-corrected chi connectivity index (χ3v) is 2.99. The molecule has 0 aliphatic heterocycles. The molecule has 1 aromatic carbocycles. The largest absolute Gasteiger partial charge is 0.382 e. The Labute approximate surface area is 110 Å². The van der Waals surface area contributed by atoms with Crippen LogP contribution in [0.1, 0.15) is 5.56 Å². The Morgan fingerprint density at radius 3 is 2.72 bits per heavy atom. The highest BCUT2D eigenvalue weighted by Crippen LogP contribution is 2.12. The van der Waals surface area contributed by atoms with Gasteiger partial charge >= 0.3 is 0 Å². The first-order valence-corrected chi connectivity index (χ1v) is 6.59. The summed E-state index contributed by atoms with van der Waals surface area (Å²) < 4.78 is 17.4. The Morgan fingerprint density at radius 1 is 1.33 bits per heavy atom. The molecule has 4 nitrogen and oxygen atoms in total. The van der Waals surface area contributed by atoms with Crippen molar-refractivity contribution in [3.63, 3.8) is 0 Å². The van der Waals surface area contributed by atoms with Gasteiger partial charge in [0.25, 0.3) is 5.91 Å². The van der Waals surface area contributed by atoms with Gasteiger partial charge in [0.15, 0.2) is 0 Å². The topological polar surface area (TPSA) is 47.6 Å². The number of nitrogens with one attached hydrogen (secondary N) is 1. The quantitative estimate of drug-likeness (QED) is 0.579. The van der Waals surface area contributed by atoms with Gasteiger partial charge in [-0.3, -0.25) is 9.63 Å². The molecule has 1 N–H and O–H groups in total. The average Bonchev–Trinajstić information content (AvgIpc) is 2.37. The van der Waals surface area contributed by atoms with E-state index < -0.39 is 0 Å². The number of hydrogen-bond acceptors (Lipinski definition) is 4. The van der Waals surface area contributed by atoms with Crippen molar-refractivity contribution in [1.29, 1.82) is 0 Å². The lowest BCUT2D eigenvalue weighted by atomic mass is 10.2. The second-order valence-electron chi connectivity index (χ2n) is 3.49. The summed E-state index contributed by atoms with van der Waals surface area (Å²) >= 11 is 1.44. The summed E-state index contributed by atoms with van der Waals surface area (Å²) in [6.07, 6.45) is 0. The van der Waals surface area contributed by atoms with Gasteiger partial charge in [-0.15, -0.1) is 11.8 Å². The van der Waals surface area contributed by atoms with E-state index in [4.69, 9.17) is 9.57 Å². The average molecular weight is 273 g/mol. The minimum absolute atomic E-state index is 0.196. The molecule has 0 bridgehead atoms. The number of rotatable bonds is 8. The number of methoxy groups -OCH3 is 1. The standard InChI is InChI=1S/C12H16FNO3S/c1-16-6-7-17-14-12(15)9-18-8-10-2-4-11(13)5-3-10/h2-5H,6-9H2,1H3,(H,14,15). The summed E-state index contributed by atoms with van der Waals surface area (Å²) in [5.74, 6) is 0.502. The molecule has 1 amide bonds. The molecule has 0 aliphatic carbocycles. The Bertz CT molecular complexity index is 359. The van der Waals surface area contributed by atoms with Crippen LogP contribution in [0.2, 0.25) is 0 Å². The number of carbonyl (C=O) groups is 1. The molecule has 0 aromatic heterocycles. The van der Waals surface area contributed by atoms with Crippen LogP contribution in [-0.2, 0) is 20.1 Å². The van der Waals surface area contributed by atoms with Gasteiger partial charge < -0.3 is 4.74 Å². The molecule has 0 radical (unpaired) electrons. The van der Waals surface area contributed by atoms with Gasteiger partial charge in [-0.2, -0.15) is 0 Å². The van der Waals surface area contributed by atoms with Crippen molar-refractivity contribution < 1.29 is 18.8 Å². The predicted molar refractivity (Wildman–Crippen MR) is 68.5 cm³/mol. The Balaban J connectivity index is 2.10. The molecule has 0 saturated heterocycles. The number of hydrogen-bond donors (Lipinski definition) is 1. The summed E-state index contributed by atoms with van der Waals surface area (Å²) in [4.78, 5) is 16.2. The van der Waals surface area contributed by atoms with E-state index in [0.29, 0.717) is 24.7 Å². The van der Waals surface area contributed by atoms with E-state index in [-0.39, 0.29) is 11.7 Å². The van der Waals surface area contributed by atoms with Crippen molar-refractivity contribution in [3.05, 3.63) is 35.6 Å². The fraction of sp³-hybridized carbons (Fsp3) is 0.417. The maximum absolute atomic E-state index is 12.6. The number of benzene rings is 1. The molecule has 0 atom stereocenters. The van der Waals surface area contributed by atoms with Crippen molar-refractivity contribution in [3.8, 4) is 0 Å². The first kappa shape index (κ1) is 14.9. The maximum atomic E-state index is 12.6. The van der Waals surface area contributed by atoms with Crippen LogP contribution in [0.25, 0.3) is 0 Å². The molecular weight excluding hydrogens is 257 g/mol. The summed E-state index contributed by atoms with van der Waals surface area (Å²) in [5, 5.41) is 0. The second-order valence-corrected chi connectivity index (χ2v) is 4.47. The monoisotopic (exact) mass is 273 g/mol. The Kier molecular flexibility index (Phi) is 7.40. The first-order chi connectivity index (χ1) is 8.72. The third-order valence-electron chi connectivity index (χ3n) is 1.99. The van der Waals surface area contributed by atoms with Gasteiger partial charge in [-0.1, -0.05) is 12.1 Å². The highest BCUT2D eigenvalue weighted by atomic mass is 32.2. The number of amides is 1. The van der Waals surface area contributed by atoms with E-state index in [0.717, 1.165) is 5.56 Å². The van der Waals surface area contributed by atoms with E-state index in [9.17, 15) is 9.18 Å². The van der Waals surface area contributed by atoms with Gasteiger partial charge in [0, 0.05) is 12.9 Å². The number of thioether (sulfide) groups is 1. The van der Waals surface area contributed by atoms with E-state index in [1.807, 2.05) is 0 Å². The highest BCUT2D eigenvalue weighted by molar-refractivity contribution is 7.99. The fourth-order valence-corrected chi connectivity index (χ4v) is 1.90. The predicted octanol–water partition coefficient (Wildman–Crippen LogP) is 1.75. The minimum atomic E-state index is -0.256. The summed E-state index contributed by atoms with van der Waals surface area (Å²) in [7, 11) is 1.56. The Hall–Kier alpha value is -1.11. The van der Waals surface area contributed by atoms with Gasteiger partial charge in [-0.25, -0.2) is 9.87 Å². The van der Waals surface area contributed by atoms with Crippen LogP contribution in [0.4, 0.5) is 4.39 Å². The van der Waals surface area contributed by atoms with E-state index in [1.54, 1.807) is 19.2 Å². The number of halogens is 1. The van der Waals surface area contributed by atoms with Crippen LogP contribution in [-0.4, -0.2) is 32.0 Å². The molecule has 0 spiro atoms. The van der Waals surface area contributed by atoms with Gasteiger partial charge in [0.1, 0.15) is 5.82 Å². The smallest absolute Gasteiger partial charge is 0.253 e. The van der Waals surface area contributed by atoms with Gasteiger partial charge in [0.05, 0.1) is 19.0 Å². The van der Waals surface area contributed by atoms with Crippen LogP contribution in [0.15, 0.2) is 24.3 Å². The van der Waals surface area contributed by atoms with Crippen LogP contribution < -0.4 is 5.48 Å². The van der Waals surface area contributed by atoms with Crippen molar-refractivity contribution in [1.82, 2.24) is 5.48 Å². The zero-order chi connectivity index (χ0) is 13.2. The summed E-state index contributed by atoms with van der Waals surface area (Å²) in [6, 6.07) is 6.22. The zero-order valence-electron chi connectivity index (χ0n) is 10.1. The summed E-state index contributed by atoms with van der Waals surface area (Å²) in [5.41, 5.74) is 3.29. The Morgan fingerprint density at radius 2 is 2.06 bits per heavy atom. The van der Waals surface area contributed by atoms with Crippen LogP contribution in [0.5, 0.6) is 0 Å². The van der Waals surface area contributed by atoms with Crippen molar-refractivity contribution in [2.75, 3.05) is 26.1 Å². The van der Waals surface area contributed by atoms with E-state index in [2.05, 4.69) is 5.48 Å². The molecule has 1 rings (SSSR count).